The lowest BCUT2D eigenvalue weighted by Crippen LogP contribution is -2.45. The van der Waals surface area contributed by atoms with Crippen molar-refractivity contribution in [3.05, 3.63) is 0 Å². The molecule has 0 spiro atoms. The van der Waals surface area contributed by atoms with Crippen LogP contribution in [0, 0.1) is 11.3 Å². The number of nitrogens with zero attached hydrogens (tertiary/aromatic N) is 1. The first-order valence-corrected chi connectivity index (χ1v) is 7.46. The van der Waals surface area contributed by atoms with Gasteiger partial charge >= 0.3 is 0 Å². The first-order valence-electron chi connectivity index (χ1n) is 7.46. The monoisotopic (exact) mass is 270 g/mol. The average Bonchev–Trinajstić information content (AvgIpc) is 2.37. The molecule has 4 heteroatoms. The fourth-order valence-electron chi connectivity index (χ4n) is 2.22. The molecule has 1 unspecified atom stereocenters. The highest BCUT2D eigenvalue weighted by Gasteiger charge is 2.32. The Hall–Kier alpha value is -0.610. The van der Waals surface area contributed by atoms with E-state index in [4.69, 9.17) is 10.5 Å². The van der Waals surface area contributed by atoms with Crippen molar-refractivity contribution in [3.8, 4) is 0 Å². The Morgan fingerprint density at radius 1 is 1.37 bits per heavy atom. The standard InChI is InChI=1S/C15H30N2O2/c1-12(15(2,3)4)14(18)17-9-6-13(7-10-17)19-11-5-8-16/h12-13H,5-11,16H2,1-4H3. The molecule has 112 valence electrons. The Balaban J connectivity index is 2.35. The zero-order valence-corrected chi connectivity index (χ0v) is 12.9. The van der Waals surface area contributed by atoms with Crippen LogP contribution < -0.4 is 5.73 Å². The van der Waals surface area contributed by atoms with E-state index in [9.17, 15) is 4.79 Å². The van der Waals surface area contributed by atoms with Crippen molar-refractivity contribution in [2.24, 2.45) is 17.1 Å². The zero-order valence-electron chi connectivity index (χ0n) is 12.9. The van der Waals surface area contributed by atoms with Crippen LogP contribution in [0.3, 0.4) is 0 Å². The number of hydrogen-bond donors (Lipinski definition) is 1. The third-order valence-electron chi connectivity index (χ3n) is 4.13. The molecule has 0 radical (unpaired) electrons. The zero-order chi connectivity index (χ0) is 14.5. The molecule has 0 aromatic carbocycles. The van der Waals surface area contributed by atoms with Crippen molar-refractivity contribution in [2.75, 3.05) is 26.2 Å². The second-order valence-corrected chi connectivity index (χ2v) is 6.63. The number of piperidine rings is 1. The third-order valence-corrected chi connectivity index (χ3v) is 4.13. The molecule has 0 aromatic rings. The molecule has 0 aliphatic carbocycles. The average molecular weight is 270 g/mol. The number of rotatable bonds is 5. The van der Waals surface area contributed by atoms with E-state index in [-0.39, 0.29) is 17.2 Å². The van der Waals surface area contributed by atoms with Gasteiger partial charge in [0, 0.05) is 25.6 Å². The lowest BCUT2D eigenvalue weighted by molar-refractivity contribution is -0.140. The Labute approximate surface area is 117 Å². The molecule has 1 saturated heterocycles. The van der Waals surface area contributed by atoms with Gasteiger partial charge in [0.05, 0.1) is 6.10 Å². The van der Waals surface area contributed by atoms with E-state index in [1.54, 1.807) is 0 Å². The number of hydrogen-bond acceptors (Lipinski definition) is 3. The van der Waals surface area contributed by atoms with Gasteiger partial charge in [0.2, 0.25) is 5.91 Å². The maximum atomic E-state index is 12.4. The van der Waals surface area contributed by atoms with E-state index in [1.807, 2.05) is 11.8 Å². The first kappa shape index (κ1) is 16.4. The van der Waals surface area contributed by atoms with Crippen LogP contribution in [0.5, 0.6) is 0 Å². The number of likely N-dealkylation sites (tertiary alicyclic amines) is 1. The van der Waals surface area contributed by atoms with Crippen LogP contribution in [0.25, 0.3) is 0 Å². The molecule has 1 aliphatic heterocycles. The second-order valence-electron chi connectivity index (χ2n) is 6.63. The van der Waals surface area contributed by atoms with Crippen LogP contribution in [-0.4, -0.2) is 43.2 Å². The molecule has 4 nitrogen and oxygen atoms in total. The quantitative estimate of drug-likeness (QED) is 0.778. The highest BCUT2D eigenvalue weighted by molar-refractivity contribution is 5.79. The Bertz CT molecular complexity index is 278. The topological polar surface area (TPSA) is 55.6 Å². The molecule has 2 N–H and O–H groups in total. The van der Waals surface area contributed by atoms with Gasteiger partial charge in [0.15, 0.2) is 0 Å². The predicted octanol–water partition coefficient (Wildman–Crippen LogP) is 2.02. The number of carbonyl (C=O) groups excluding carboxylic acids is 1. The second kappa shape index (κ2) is 7.25. The van der Waals surface area contributed by atoms with Gasteiger partial charge in [-0.3, -0.25) is 4.79 Å². The molecule has 1 heterocycles. The third kappa shape index (κ3) is 5.11. The summed E-state index contributed by atoms with van der Waals surface area (Å²) >= 11 is 0. The summed E-state index contributed by atoms with van der Waals surface area (Å²) in [5.41, 5.74) is 5.48. The Morgan fingerprint density at radius 2 is 1.95 bits per heavy atom. The molecule has 1 amide bonds. The summed E-state index contributed by atoms with van der Waals surface area (Å²) in [4.78, 5) is 14.4. The molecule has 0 saturated carbocycles. The van der Waals surface area contributed by atoms with Crippen molar-refractivity contribution in [2.45, 2.75) is 53.1 Å². The minimum absolute atomic E-state index is 0.0333. The van der Waals surface area contributed by atoms with Gasteiger partial charge < -0.3 is 15.4 Å². The van der Waals surface area contributed by atoms with Crippen LogP contribution >= 0.6 is 0 Å². The van der Waals surface area contributed by atoms with Crippen LogP contribution in [0.2, 0.25) is 0 Å². The van der Waals surface area contributed by atoms with Gasteiger partial charge in [-0.2, -0.15) is 0 Å². The lowest BCUT2D eigenvalue weighted by atomic mass is 9.81. The van der Waals surface area contributed by atoms with Crippen molar-refractivity contribution in [1.82, 2.24) is 4.90 Å². The SMILES string of the molecule is CC(C(=O)N1CCC(OCCCN)CC1)C(C)(C)C. The van der Waals surface area contributed by atoms with Crippen LogP contribution in [0.1, 0.15) is 47.0 Å². The van der Waals surface area contributed by atoms with E-state index >= 15 is 0 Å². The molecular formula is C15H30N2O2. The summed E-state index contributed by atoms with van der Waals surface area (Å²) in [5, 5.41) is 0. The fourth-order valence-corrected chi connectivity index (χ4v) is 2.22. The van der Waals surface area contributed by atoms with Gasteiger partial charge in [-0.1, -0.05) is 27.7 Å². The number of ether oxygens (including phenoxy) is 1. The summed E-state index contributed by atoms with van der Waals surface area (Å²) in [7, 11) is 0. The van der Waals surface area contributed by atoms with Crippen LogP contribution in [0.15, 0.2) is 0 Å². The van der Waals surface area contributed by atoms with E-state index in [0.29, 0.717) is 12.6 Å². The summed E-state index contributed by atoms with van der Waals surface area (Å²) in [6, 6.07) is 0. The molecule has 1 aliphatic rings. The number of amides is 1. The van der Waals surface area contributed by atoms with E-state index in [2.05, 4.69) is 20.8 Å². The van der Waals surface area contributed by atoms with Crippen molar-refractivity contribution in [1.29, 1.82) is 0 Å². The maximum absolute atomic E-state index is 12.4. The smallest absolute Gasteiger partial charge is 0.225 e. The minimum atomic E-state index is 0.0333. The largest absolute Gasteiger partial charge is 0.378 e. The molecule has 1 fully saturated rings. The number of nitrogens with two attached hydrogens (primary N) is 1. The van der Waals surface area contributed by atoms with Gasteiger partial charge in [0.25, 0.3) is 0 Å². The van der Waals surface area contributed by atoms with Gasteiger partial charge in [-0.15, -0.1) is 0 Å². The highest BCUT2D eigenvalue weighted by atomic mass is 16.5. The summed E-state index contributed by atoms with van der Waals surface area (Å²) in [6.07, 6.45) is 3.13. The Morgan fingerprint density at radius 3 is 2.42 bits per heavy atom. The summed E-state index contributed by atoms with van der Waals surface area (Å²) in [5.74, 6) is 0.357. The van der Waals surface area contributed by atoms with Crippen molar-refractivity contribution >= 4 is 5.91 Å². The predicted molar refractivity (Wildman–Crippen MR) is 77.8 cm³/mol. The normalized spacial score (nSPS) is 19.5. The molecule has 1 atom stereocenters. The minimum Gasteiger partial charge on any atom is -0.378 e. The fraction of sp³-hybridized carbons (Fsp3) is 0.933. The van der Waals surface area contributed by atoms with Gasteiger partial charge in [-0.25, -0.2) is 0 Å². The number of carbonyl (C=O) groups is 1. The van der Waals surface area contributed by atoms with Crippen molar-refractivity contribution < 1.29 is 9.53 Å². The summed E-state index contributed by atoms with van der Waals surface area (Å²) < 4.78 is 5.76. The molecule has 19 heavy (non-hydrogen) atoms. The molecular weight excluding hydrogens is 240 g/mol. The van der Waals surface area contributed by atoms with E-state index < -0.39 is 0 Å². The van der Waals surface area contributed by atoms with Gasteiger partial charge in [-0.05, 0) is 31.2 Å². The van der Waals surface area contributed by atoms with E-state index in [1.165, 1.54) is 0 Å². The van der Waals surface area contributed by atoms with Crippen molar-refractivity contribution in [3.63, 3.8) is 0 Å². The molecule has 0 bridgehead atoms. The molecule has 0 aromatic heterocycles. The van der Waals surface area contributed by atoms with Crippen LogP contribution in [0.4, 0.5) is 0 Å². The Kier molecular flexibility index (Phi) is 6.27. The highest BCUT2D eigenvalue weighted by Crippen LogP contribution is 2.28. The molecule has 1 rings (SSSR count). The maximum Gasteiger partial charge on any atom is 0.225 e. The first-order chi connectivity index (χ1) is 8.86. The van der Waals surface area contributed by atoms with Crippen LogP contribution in [-0.2, 0) is 9.53 Å². The summed E-state index contributed by atoms with van der Waals surface area (Å²) in [6.45, 7) is 11.5. The lowest BCUT2D eigenvalue weighted by Gasteiger charge is -2.36. The van der Waals surface area contributed by atoms with Gasteiger partial charge in [0.1, 0.15) is 0 Å². The van der Waals surface area contributed by atoms with E-state index in [0.717, 1.165) is 39.0 Å².